The third kappa shape index (κ3) is 3.84. The van der Waals surface area contributed by atoms with E-state index in [2.05, 4.69) is 15.6 Å². The number of aryl methyl sites for hydroxylation is 1. The van der Waals surface area contributed by atoms with Gasteiger partial charge in [0.05, 0.1) is 11.7 Å². The zero-order valence-corrected chi connectivity index (χ0v) is 16.6. The van der Waals surface area contributed by atoms with Gasteiger partial charge < -0.3 is 10.4 Å². The zero-order chi connectivity index (χ0) is 20.5. The Labute approximate surface area is 175 Å². The number of benzene rings is 2. The lowest BCUT2D eigenvalue weighted by Crippen LogP contribution is -2.42. The molecule has 1 saturated carbocycles. The van der Waals surface area contributed by atoms with Crippen molar-refractivity contribution < 1.29 is 9.90 Å². The summed E-state index contributed by atoms with van der Waals surface area (Å²) in [6.07, 6.45) is 4.33. The summed E-state index contributed by atoms with van der Waals surface area (Å²) in [4.78, 5) is 21.8. The summed E-state index contributed by atoms with van der Waals surface area (Å²) in [6.45, 7) is 0. The highest BCUT2D eigenvalue weighted by atomic mass is 16.3. The summed E-state index contributed by atoms with van der Waals surface area (Å²) < 4.78 is 0. The number of carbonyl (C=O) groups excluding carboxylic acids is 1. The van der Waals surface area contributed by atoms with E-state index in [1.165, 1.54) is 0 Å². The molecule has 2 unspecified atom stereocenters. The summed E-state index contributed by atoms with van der Waals surface area (Å²) in [7, 11) is 0. The predicted octanol–water partition coefficient (Wildman–Crippen LogP) is 3.56. The fourth-order valence-corrected chi connectivity index (χ4v) is 3.99. The molecule has 2 aromatic carbocycles. The van der Waals surface area contributed by atoms with Crippen molar-refractivity contribution in [2.24, 2.45) is 0 Å². The van der Waals surface area contributed by atoms with Gasteiger partial charge in [-0.1, -0.05) is 48.5 Å². The molecular weight excluding hydrogens is 376 g/mol. The molecule has 6 heteroatoms. The van der Waals surface area contributed by atoms with Crippen molar-refractivity contribution in [3.63, 3.8) is 0 Å². The van der Waals surface area contributed by atoms with Gasteiger partial charge in [0.2, 0.25) is 5.91 Å². The number of aromatic nitrogens is 2. The minimum absolute atomic E-state index is 0.156. The lowest BCUT2D eigenvalue weighted by atomic mass is 10.0. The van der Waals surface area contributed by atoms with E-state index in [4.69, 9.17) is 4.98 Å². The number of rotatable bonds is 5. The first-order valence-electron chi connectivity index (χ1n) is 10.4. The van der Waals surface area contributed by atoms with Gasteiger partial charge in [-0.05, 0) is 48.8 Å². The molecule has 1 amide bonds. The highest BCUT2D eigenvalue weighted by Crippen LogP contribution is 2.43. The molecule has 3 N–H and O–H groups in total. The van der Waals surface area contributed by atoms with Gasteiger partial charge in [0.1, 0.15) is 0 Å². The van der Waals surface area contributed by atoms with Crippen molar-refractivity contribution in [3.05, 3.63) is 77.7 Å². The van der Waals surface area contributed by atoms with Gasteiger partial charge in [0.25, 0.3) is 0 Å². The van der Waals surface area contributed by atoms with E-state index in [1.54, 1.807) is 0 Å². The second-order valence-corrected chi connectivity index (χ2v) is 7.98. The fourth-order valence-electron chi connectivity index (χ4n) is 3.99. The molecule has 1 aromatic heterocycles. The Bertz CT molecular complexity index is 1070. The molecule has 1 fully saturated rings. The van der Waals surface area contributed by atoms with Gasteiger partial charge in [-0.15, -0.1) is 0 Å². The highest BCUT2D eigenvalue weighted by molar-refractivity contribution is 5.96. The average molecular weight is 400 g/mol. The van der Waals surface area contributed by atoms with E-state index < -0.39 is 12.3 Å². The first-order chi connectivity index (χ1) is 14.7. The molecule has 0 bridgehead atoms. The third-order valence-corrected chi connectivity index (χ3v) is 5.80. The van der Waals surface area contributed by atoms with Gasteiger partial charge in [0, 0.05) is 17.4 Å². The number of fused-ring (bicyclic) bond motifs is 1. The Morgan fingerprint density at radius 2 is 1.80 bits per heavy atom. The van der Waals surface area contributed by atoms with E-state index in [-0.39, 0.29) is 11.7 Å². The number of anilines is 1. The standard InChI is InChI=1S/C24H24N4O2/c29-23-20(13-12-16-6-4-5-9-19(16)26-23)27-24(30)22-25-14-18(15-10-11-15)21(28-22)17-7-2-1-3-8-17/h1-9,14-15,20,24,27,30H,10-13H2,(H,26,29). The molecule has 0 radical (unpaired) electrons. The van der Waals surface area contributed by atoms with Crippen molar-refractivity contribution in [2.45, 2.75) is 43.9 Å². The molecule has 0 spiro atoms. The largest absolute Gasteiger partial charge is 0.371 e. The minimum Gasteiger partial charge on any atom is -0.371 e. The van der Waals surface area contributed by atoms with E-state index in [0.29, 0.717) is 12.3 Å². The van der Waals surface area contributed by atoms with Gasteiger partial charge >= 0.3 is 0 Å². The topological polar surface area (TPSA) is 87.1 Å². The van der Waals surface area contributed by atoms with Crippen LogP contribution in [0, 0.1) is 0 Å². The molecule has 5 rings (SSSR count). The maximum atomic E-state index is 12.7. The van der Waals surface area contributed by atoms with E-state index in [1.807, 2.05) is 60.8 Å². The Balaban J connectivity index is 1.38. The summed E-state index contributed by atoms with van der Waals surface area (Å²) in [5, 5.41) is 16.8. The number of hydrogen-bond donors (Lipinski definition) is 3. The SMILES string of the molecule is O=C1Nc2ccccc2CCC1NC(O)c1ncc(C2CC2)c(-c2ccccc2)n1. The van der Waals surface area contributed by atoms with E-state index in [9.17, 15) is 9.90 Å². The second kappa shape index (κ2) is 7.97. The zero-order valence-electron chi connectivity index (χ0n) is 16.6. The number of carbonyl (C=O) groups is 1. The van der Waals surface area contributed by atoms with Crippen molar-refractivity contribution >= 4 is 11.6 Å². The average Bonchev–Trinajstić information content (AvgIpc) is 3.63. The quantitative estimate of drug-likeness (QED) is 0.570. The Hall–Kier alpha value is -3.09. The van der Waals surface area contributed by atoms with E-state index in [0.717, 1.165) is 47.3 Å². The van der Waals surface area contributed by atoms with Crippen molar-refractivity contribution in [1.29, 1.82) is 0 Å². The van der Waals surface area contributed by atoms with Gasteiger partial charge in [0.15, 0.2) is 12.1 Å². The molecule has 6 nitrogen and oxygen atoms in total. The molecule has 1 aliphatic heterocycles. The molecule has 30 heavy (non-hydrogen) atoms. The van der Waals surface area contributed by atoms with Crippen LogP contribution in [0.4, 0.5) is 5.69 Å². The van der Waals surface area contributed by atoms with Gasteiger partial charge in [-0.3, -0.25) is 10.1 Å². The molecule has 2 aliphatic rings. The van der Waals surface area contributed by atoms with Crippen LogP contribution in [0.2, 0.25) is 0 Å². The van der Waals surface area contributed by atoms with Crippen LogP contribution in [-0.4, -0.2) is 27.0 Å². The Morgan fingerprint density at radius 3 is 2.60 bits per heavy atom. The van der Waals surface area contributed by atoms with Crippen molar-refractivity contribution in [1.82, 2.24) is 15.3 Å². The lowest BCUT2D eigenvalue weighted by molar-refractivity contribution is -0.119. The van der Waals surface area contributed by atoms with Crippen LogP contribution >= 0.6 is 0 Å². The number of aliphatic hydroxyl groups is 1. The van der Waals surface area contributed by atoms with E-state index >= 15 is 0 Å². The monoisotopic (exact) mass is 400 g/mol. The highest BCUT2D eigenvalue weighted by Gasteiger charge is 2.30. The Morgan fingerprint density at radius 1 is 1.03 bits per heavy atom. The van der Waals surface area contributed by atoms with Gasteiger partial charge in [-0.25, -0.2) is 9.97 Å². The molecule has 152 valence electrons. The summed E-state index contributed by atoms with van der Waals surface area (Å²) in [5.74, 6) is 0.621. The van der Waals surface area contributed by atoms with Gasteiger partial charge in [-0.2, -0.15) is 0 Å². The third-order valence-electron chi connectivity index (χ3n) is 5.80. The molecule has 2 heterocycles. The van der Waals surface area contributed by atoms with Crippen molar-refractivity contribution in [3.8, 4) is 11.3 Å². The smallest absolute Gasteiger partial charge is 0.241 e. The predicted molar refractivity (Wildman–Crippen MR) is 115 cm³/mol. The maximum absolute atomic E-state index is 12.7. The number of aliphatic hydroxyl groups excluding tert-OH is 1. The van der Waals surface area contributed by atoms with Crippen LogP contribution in [0.1, 0.15) is 48.4 Å². The number of nitrogens with one attached hydrogen (secondary N) is 2. The second-order valence-electron chi connectivity index (χ2n) is 7.98. The molecule has 1 aliphatic carbocycles. The van der Waals surface area contributed by atoms with Crippen LogP contribution < -0.4 is 10.6 Å². The van der Waals surface area contributed by atoms with Crippen molar-refractivity contribution in [2.75, 3.05) is 5.32 Å². The summed E-state index contributed by atoms with van der Waals surface area (Å²) in [5.41, 5.74) is 4.93. The first kappa shape index (κ1) is 18.9. The summed E-state index contributed by atoms with van der Waals surface area (Å²) >= 11 is 0. The van der Waals surface area contributed by atoms with Crippen LogP contribution in [0.25, 0.3) is 11.3 Å². The number of para-hydroxylation sites is 1. The molecule has 2 atom stereocenters. The number of amides is 1. The molecular formula is C24H24N4O2. The number of nitrogens with zero attached hydrogens (tertiary/aromatic N) is 2. The molecule has 3 aromatic rings. The lowest BCUT2D eigenvalue weighted by Gasteiger charge is -2.20. The van der Waals surface area contributed by atoms with Crippen LogP contribution in [0.15, 0.2) is 60.8 Å². The maximum Gasteiger partial charge on any atom is 0.241 e. The molecule has 0 saturated heterocycles. The Kier molecular flexibility index (Phi) is 5.02. The van der Waals surface area contributed by atoms with Crippen LogP contribution in [0.5, 0.6) is 0 Å². The van der Waals surface area contributed by atoms with Crippen LogP contribution in [-0.2, 0) is 11.2 Å². The van der Waals surface area contributed by atoms with Crippen LogP contribution in [0.3, 0.4) is 0 Å². The fraction of sp³-hybridized carbons (Fsp3) is 0.292. The first-order valence-corrected chi connectivity index (χ1v) is 10.4. The summed E-state index contributed by atoms with van der Waals surface area (Å²) in [6, 6.07) is 17.2. The minimum atomic E-state index is -1.13. The number of hydrogen-bond acceptors (Lipinski definition) is 5. The normalized spacial score (nSPS) is 19.5.